The summed E-state index contributed by atoms with van der Waals surface area (Å²) in [6, 6.07) is 17.8. The maximum absolute atomic E-state index is 13.4. The summed E-state index contributed by atoms with van der Waals surface area (Å²) in [7, 11) is 1.59. The van der Waals surface area contributed by atoms with Crippen LogP contribution in [0.25, 0.3) is 22.2 Å². The van der Waals surface area contributed by atoms with E-state index in [2.05, 4.69) is 15.3 Å². The molecule has 0 saturated carbocycles. The van der Waals surface area contributed by atoms with Crippen LogP contribution < -0.4 is 10.1 Å². The quantitative estimate of drug-likeness (QED) is 0.366. The fraction of sp³-hybridized carbons (Fsp3) is 0.200. The normalized spacial score (nSPS) is 10.9. The minimum atomic E-state index is -0.286. The zero-order chi connectivity index (χ0) is 22.3. The van der Waals surface area contributed by atoms with Crippen molar-refractivity contribution in [3.05, 3.63) is 78.2 Å². The van der Waals surface area contributed by atoms with E-state index >= 15 is 0 Å². The minimum absolute atomic E-state index is 0.148. The number of para-hydroxylation sites is 1. The molecule has 2 heterocycles. The number of H-pyrrole nitrogens is 1. The summed E-state index contributed by atoms with van der Waals surface area (Å²) in [5, 5.41) is 3.93. The maximum Gasteiger partial charge on any atom is 0.237 e. The molecule has 0 spiro atoms. The first-order valence-corrected chi connectivity index (χ1v) is 10.4. The molecule has 4 rings (SSSR count). The van der Waals surface area contributed by atoms with Gasteiger partial charge in [0.1, 0.15) is 18.1 Å². The van der Waals surface area contributed by atoms with Crippen LogP contribution in [-0.2, 0) is 16.0 Å². The summed E-state index contributed by atoms with van der Waals surface area (Å²) in [5.74, 6) is -0.0762. The summed E-state index contributed by atoms with van der Waals surface area (Å²) in [6.07, 6.45) is 2.39. The molecule has 0 radical (unpaired) electrons. The number of nitrogens with one attached hydrogen (secondary N) is 2. The van der Waals surface area contributed by atoms with Crippen molar-refractivity contribution in [3.8, 4) is 17.1 Å². The van der Waals surface area contributed by atoms with Gasteiger partial charge in [-0.15, -0.1) is 0 Å². The average Bonchev–Trinajstić information content (AvgIpc) is 3.18. The number of benzene rings is 2. The molecule has 4 aromatic rings. The molecule has 6 nitrogen and oxygen atoms in total. The average molecular weight is 433 g/mol. The van der Waals surface area contributed by atoms with Crippen LogP contribution in [-0.4, -0.2) is 36.2 Å². The van der Waals surface area contributed by atoms with Gasteiger partial charge in [0.25, 0.3) is 0 Å². The van der Waals surface area contributed by atoms with Crippen LogP contribution >= 0.6 is 0 Å². The molecule has 2 aromatic carbocycles. The number of anilines is 1. The third-order valence-corrected chi connectivity index (χ3v) is 5.12. The van der Waals surface area contributed by atoms with E-state index in [0.29, 0.717) is 31.2 Å². The molecule has 0 fully saturated rings. The lowest BCUT2D eigenvalue weighted by molar-refractivity contribution is -0.116. The first-order chi connectivity index (χ1) is 15.7. The van der Waals surface area contributed by atoms with Crippen LogP contribution in [0.4, 0.5) is 10.1 Å². The van der Waals surface area contributed by atoms with E-state index in [0.717, 1.165) is 27.7 Å². The number of amides is 1. The van der Waals surface area contributed by atoms with Crippen molar-refractivity contribution in [2.24, 2.45) is 0 Å². The number of carbonyl (C=O) groups is 1. The lowest BCUT2D eigenvalue weighted by atomic mass is 10.0. The summed E-state index contributed by atoms with van der Waals surface area (Å²) in [6.45, 7) is 0.767. The number of pyridine rings is 1. The van der Waals surface area contributed by atoms with Gasteiger partial charge in [0, 0.05) is 36.3 Å². The first kappa shape index (κ1) is 21.5. The van der Waals surface area contributed by atoms with Gasteiger partial charge in [-0.2, -0.15) is 0 Å². The number of hydrogen-bond donors (Lipinski definition) is 2. The van der Waals surface area contributed by atoms with E-state index in [1.54, 1.807) is 37.6 Å². The maximum atomic E-state index is 13.4. The Morgan fingerprint density at radius 2 is 1.88 bits per heavy atom. The monoisotopic (exact) mass is 433 g/mol. The Kier molecular flexibility index (Phi) is 6.77. The number of aryl methyl sites for hydroxylation is 1. The first-order valence-electron chi connectivity index (χ1n) is 10.4. The third kappa shape index (κ3) is 4.95. The lowest BCUT2D eigenvalue weighted by Crippen LogP contribution is -2.15. The molecular formula is C25H24FN3O3. The zero-order valence-corrected chi connectivity index (χ0v) is 17.7. The van der Waals surface area contributed by atoms with Crippen LogP contribution in [0.1, 0.15) is 12.0 Å². The Morgan fingerprint density at radius 1 is 1.06 bits per heavy atom. The predicted octanol–water partition coefficient (Wildman–Crippen LogP) is 4.97. The second kappa shape index (κ2) is 10.1. The summed E-state index contributed by atoms with van der Waals surface area (Å²) < 4.78 is 24.0. The van der Waals surface area contributed by atoms with Crippen LogP contribution in [0.15, 0.2) is 66.9 Å². The van der Waals surface area contributed by atoms with E-state index in [9.17, 15) is 9.18 Å². The van der Waals surface area contributed by atoms with Crippen LogP contribution in [0.2, 0.25) is 0 Å². The SMILES string of the molecule is COCCOc1ncccc1NC(=O)CCc1c(-c2ccc(F)cc2)[nH]c2ccccc12. The lowest BCUT2D eigenvalue weighted by Gasteiger charge is -2.11. The van der Waals surface area contributed by atoms with Crippen molar-refractivity contribution >= 4 is 22.5 Å². The molecule has 0 unspecified atom stereocenters. The van der Waals surface area contributed by atoms with Gasteiger partial charge in [0.05, 0.1) is 6.61 Å². The summed E-state index contributed by atoms with van der Waals surface area (Å²) >= 11 is 0. The number of aromatic nitrogens is 2. The largest absolute Gasteiger partial charge is 0.474 e. The third-order valence-electron chi connectivity index (χ3n) is 5.12. The van der Waals surface area contributed by atoms with Gasteiger partial charge >= 0.3 is 0 Å². The molecule has 2 aromatic heterocycles. The molecule has 2 N–H and O–H groups in total. The molecule has 0 saturated heterocycles. The highest BCUT2D eigenvalue weighted by Crippen LogP contribution is 2.31. The standard InChI is InChI=1S/C25H24FN3O3/c1-31-15-16-32-25-22(7-4-14-27-25)28-23(30)13-12-20-19-5-2-3-6-21(19)29-24(20)17-8-10-18(26)11-9-17/h2-11,14,29H,12-13,15-16H2,1H3,(H,28,30). The Balaban J connectivity index is 1.52. The van der Waals surface area contributed by atoms with Gasteiger partial charge in [-0.05, 0) is 60.0 Å². The van der Waals surface area contributed by atoms with Crippen molar-refractivity contribution < 1.29 is 18.7 Å². The van der Waals surface area contributed by atoms with Crippen molar-refractivity contribution in [2.45, 2.75) is 12.8 Å². The fourth-order valence-corrected chi connectivity index (χ4v) is 3.60. The van der Waals surface area contributed by atoms with Gasteiger partial charge in [-0.3, -0.25) is 4.79 Å². The Morgan fingerprint density at radius 3 is 2.69 bits per heavy atom. The molecular weight excluding hydrogens is 409 g/mol. The second-order valence-electron chi connectivity index (χ2n) is 7.28. The predicted molar refractivity (Wildman–Crippen MR) is 122 cm³/mol. The number of carbonyl (C=O) groups excluding carboxylic acids is 1. The van der Waals surface area contributed by atoms with Gasteiger partial charge in [-0.25, -0.2) is 9.37 Å². The fourth-order valence-electron chi connectivity index (χ4n) is 3.60. The van der Waals surface area contributed by atoms with Crippen molar-refractivity contribution in [1.82, 2.24) is 9.97 Å². The molecule has 0 aliphatic heterocycles. The zero-order valence-electron chi connectivity index (χ0n) is 17.7. The van der Waals surface area contributed by atoms with Crippen molar-refractivity contribution in [2.75, 3.05) is 25.6 Å². The number of hydrogen-bond acceptors (Lipinski definition) is 4. The Labute approximate surface area is 185 Å². The molecule has 32 heavy (non-hydrogen) atoms. The molecule has 164 valence electrons. The summed E-state index contributed by atoms with van der Waals surface area (Å²) in [5.41, 5.74) is 4.28. The topological polar surface area (TPSA) is 76.2 Å². The molecule has 1 amide bonds. The molecule has 0 aliphatic carbocycles. The highest BCUT2D eigenvalue weighted by Gasteiger charge is 2.15. The van der Waals surface area contributed by atoms with Gasteiger partial charge in [-0.1, -0.05) is 18.2 Å². The number of aromatic amines is 1. The molecule has 7 heteroatoms. The summed E-state index contributed by atoms with van der Waals surface area (Å²) in [4.78, 5) is 20.3. The number of nitrogens with zero attached hydrogens (tertiary/aromatic N) is 1. The van der Waals surface area contributed by atoms with Crippen LogP contribution in [0.5, 0.6) is 5.88 Å². The molecule has 0 bridgehead atoms. The number of methoxy groups -OCH3 is 1. The highest BCUT2D eigenvalue weighted by molar-refractivity contribution is 5.94. The van der Waals surface area contributed by atoms with Crippen molar-refractivity contribution in [1.29, 1.82) is 0 Å². The van der Waals surface area contributed by atoms with Crippen molar-refractivity contribution in [3.63, 3.8) is 0 Å². The van der Waals surface area contributed by atoms with E-state index in [1.165, 1.54) is 12.1 Å². The Bertz CT molecular complexity index is 1200. The number of rotatable bonds is 9. The second-order valence-corrected chi connectivity index (χ2v) is 7.28. The number of ether oxygens (including phenoxy) is 2. The minimum Gasteiger partial charge on any atom is -0.474 e. The van der Waals surface area contributed by atoms with Gasteiger partial charge in [0.15, 0.2) is 0 Å². The smallest absolute Gasteiger partial charge is 0.237 e. The molecule has 0 aliphatic rings. The van der Waals surface area contributed by atoms with Crippen LogP contribution in [0, 0.1) is 5.82 Å². The van der Waals surface area contributed by atoms with Gasteiger partial charge in [0.2, 0.25) is 11.8 Å². The van der Waals surface area contributed by atoms with Crippen LogP contribution in [0.3, 0.4) is 0 Å². The highest BCUT2D eigenvalue weighted by atomic mass is 19.1. The van der Waals surface area contributed by atoms with E-state index in [1.807, 2.05) is 24.3 Å². The van der Waals surface area contributed by atoms with Gasteiger partial charge < -0.3 is 19.8 Å². The molecule has 0 atom stereocenters. The van der Waals surface area contributed by atoms with E-state index < -0.39 is 0 Å². The van der Waals surface area contributed by atoms with E-state index in [-0.39, 0.29) is 18.1 Å². The number of halogens is 1. The Hall–Kier alpha value is -3.71. The van der Waals surface area contributed by atoms with E-state index in [4.69, 9.17) is 9.47 Å². The number of fused-ring (bicyclic) bond motifs is 1.